The van der Waals surface area contributed by atoms with Crippen molar-refractivity contribution < 1.29 is 18.3 Å². The lowest BCUT2D eigenvalue weighted by atomic mass is 9.91. The molecule has 0 radical (unpaired) electrons. The molecule has 0 spiro atoms. The first-order valence-corrected chi connectivity index (χ1v) is 5.47. The number of alkyl halides is 3. The van der Waals surface area contributed by atoms with Crippen LogP contribution in [-0.4, -0.2) is 11.1 Å². The van der Waals surface area contributed by atoms with Crippen molar-refractivity contribution in [2.24, 2.45) is 5.73 Å². The Kier molecular flexibility index (Phi) is 2.91. The lowest BCUT2D eigenvalue weighted by Crippen LogP contribution is -2.25. The molecule has 5 heteroatoms. The minimum Gasteiger partial charge on any atom is -0.385 e. The Bertz CT molecular complexity index is 401. The smallest absolute Gasteiger partial charge is 0.385 e. The quantitative estimate of drug-likeness (QED) is 0.798. The van der Waals surface area contributed by atoms with Gasteiger partial charge in [0.25, 0.3) is 0 Å². The fourth-order valence-corrected chi connectivity index (χ4v) is 2.29. The van der Waals surface area contributed by atoms with Crippen LogP contribution in [0.3, 0.4) is 0 Å². The highest BCUT2D eigenvalue weighted by molar-refractivity contribution is 5.29. The average molecular weight is 245 g/mol. The van der Waals surface area contributed by atoms with Crippen LogP contribution in [0.5, 0.6) is 0 Å². The number of hydrogen-bond acceptors (Lipinski definition) is 2. The summed E-state index contributed by atoms with van der Waals surface area (Å²) < 4.78 is 37.1. The van der Waals surface area contributed by atoms with Crippen molar-refractivity contribution in [2.45, 2.75) is 37.1 Å². The van der Waals surface area contributed by atoms with Crippen LogP contribution in [0.15, 0.2) is 24.3 Å². The fourth-order valence-electron chi connectivity index (χ4n) is 2.29. The SMILES string of the molecule is NC1CCC(O)(c2ccc(C(F)(F)F)cc2)C1. The van der Waals surface area contributed by atoms with Crippen molar-refractivity contribution >= 4 is 0 Å². The molecular formula is C12H14F3NO. The van der Waals surface area contributed by atoms with Gasteiger partial charge in [-0.15, -0.1) is 0 Å². The number of rotatable bonds is 1. The molecule has 2 nitrogen and oxygen atoms in total. The lowest BCUT2D eigenvalue weighted by Gasteiger charge is -2.23. The van der Waals surface area contributed by atoms with Gasteiger partial charge in [-0.05, 0) is 37.0 Å². The summed E-state index contributed by atoms with van der Waals surface area (Å²) in [6.07, 6.45) is -2.75. The Morgan fingerprint density at radius 3 is 2.24 bits per heavy atom. The molecule has 0 aliphatic heterocycles. The zero-order valence-electron chi connectivity index (χ0n) is 9.17. The minimum atomic E-state index is -4.34. The Hall–Kier alpha value is -1.07. The Labute approximate surface area is 97.2 Å². The van der Waals surface area contributed by atoms with Gasteiger partial charge in [0.1, 0.15) is 0 Å². The second-order valence-electron chi connectivity index (χ2n) is 4.61. The summed E-state index contributed by atoms with van der Waals surface area (Å²) in [5, 5.41) is 10.3. The van der Waals surface area contributed by atoms with Crippen LogP contribution in [-0.2, 0) is 11.8 Å². The molecular weight excluding hydrogens is 231 g/mol. The van der Waals surface area contributed by atoms with E-state index in [0.717, 1.165) is 12.1 Å². The second-order valence-corrected chi connectivity index (χ2v) is 4.61. The van der Waals surface area contributed by atoms with Gasteiger partial charge in [-0.1, -0.05) is 12.1 Å². The normalized spacial score (nSPS) is 29.6. The number of aliphatic hydroxyl groups is 1. The monoisotopic (exact) mass is 245 g/mol. The van der Waals surface area contributed by atoms with E-state index in [1.54, 1.807) is 0 Å². The molecule has 2 atom stereocenters. The third-order valence-electron chi connectivity index (χ3n) is 3.28. The zero-order chi connectivity index (χ0) is 12.7. The molecule has 94 valence electrons. The fraction of sp³-hybridized carbons (Fsp3) is 0.500. The molecule has 1 aromatic rings. The predicted octanol–water partition coefficient (Wildman–Crippen LogP) is 2.40. The topological polar surface area (TPSA) is 46.2 Å². The van der Waals surface area contributed by atoms with Crippen molar-refractivity contribution in [3.8, 4) is 0 Å². The lowest BCUT2D eigenvalue weighted by molar-refractivity contribution is -0.137. The maximum Gasteiger partial charge on any atom is 0.416 e. The zero-order valence-corrected chi connectivity index (χ0v) is 9.17. The Balaban J connectivity index is 2.24. The first kappa shape index (κ1) is 12.4. The van der Waals surface area contributed by atoms with E-state index in [4.69, 9.17) is 5.73 Å². The molecule has 0 aromatic heterocycles. The van der Waals surface area contributed by atoms with Crippen LogP contribution in [0.25, 0.3) is 0 Å². The molecule has 1 aliphatic rings. The number of hydrogen-bond donors (Lipinski definition) is 2. The maximum atomic E-state index is 12.4. The molecule has 1 aromatic carbocycles. The minimum absolute atomic E-state index is 0.0812. The molecule has 0 bridgehead atoms. The molecule has 0 amide bonds. The number of benzene rings is 1. The Morgan fingerprint density at radius 2 is 1.82 bits per heavy atom. The molecule has 1 aliphatic carbocycles. The van der Waals surface area contributed by atoms with Crippen LogP contribution in [0.1, 0.15) is 30.4 Å². The molecule has 17 heavy (non-hydrogen) atoms. The van der Waals surface area contributed by atoms with E-state index in [0.29, 0.717) is 24.8 Å². The largest absolute Gasteiger partial charge is 0.416 e. The molecule has 2 unspecified atom stereocenters. The van der Waals surface area contributed by atoms with E-state index in [2.05, 4.69) is 0 Å². The summed E-state index contributed by atoms with van der Waals surface area (Å²) in [6.45, 7) is 0. The first-order chi connectivity index (χ1) is 7.81. The highest BCUT2D eigenvalue weighted by Crippen LogP contribution is 2.39. The van der Waals surface area contributed by atoms with Crippen molar-refractivity contribution in [1.29, 1.82) is 0 Å². The van der Waals surface area contributed by atoms with Gasteiger partial charge in [0.2, 0.25) is 0 Å². The van der Waals surface area contributed by atoms with Crippen molar-refractivity contribution in [3.05, 3.63) is 35.4 Å². The van der Waals surface area contributed by atoms with Gasteiger partial charge in [0, 0.05) is 6.04 Å². The second kappa shape index (κ2) is 3.99. The third kappa shape index (κ3) is 2.45. The summed E-state index contributed by atoms with van der Waals surface area (Å²) in [5.74, 6) is 0. The van der Waals surface area contributed by atoms with Gasteiger partial charge < -0.3 is 10.8 Å². The molecule has 0 saturated heterocycles. The van der Waals surface area contributed by atoms with Crippen molar-refractivity contribution in [1.82, 2.24) is 0 Å². The van der Waals surface area contributed by atoms with Gasteiger partial charge in [-0.25, -0.2) is 0 Å². The van der Waals surface area contributed by atoms with Gasteiger partial charge in [0.05, 0.1) is 11.2 Å². The average Bonchev–Trinajstić information content (AvgIpc) is 2.59. The van der Waals surface area contributed by atoms with E-state index in [-0.39, 0.29) is 6.04 Å². The standard InChI is InChI=1S/C12H14F3NO/c13-12(14,15)9-3-1-8(2-4-9)11(17)6-5-10(16)7-11/h1-4,10,17H,5-7,16H2. The maximum absolute atomic E-state index is 12.4. The van der Waals surface area contributed by atoms with E-state index in [1.165, 1.54) is 12.1 Å². The highest BCUT2D eigenvalue weighted by atomic mass is 19.4. The summed E-state index contributed by atoms with van der Waals surface area (Å²) in [4.78, 5) is 0. The Morgan fingerprint density at radius 1 is 1.24 bits per heavy atom. The highest BCUT2D eigenvalue weighted by Gasteiger charge is 2.38. The van der Waals surface area contributed by atoms with Gasteiger partial charge in [-0.2, -0.15) is 13.2 Å². The summed E-state index contributed by atoms with van der Waals surface area (Å²) in [6, 6.07) is 4.58. The van der Waals surface area contributed by atoms with Crippen LogP contribution < -0.4 is 5.73 Å². The van der Waals surface area contributed by atoms with Crippen LogP contribution in [0.2, 0.25) is 0 Å². The van der Waals surface area contributed by atoms with Crippen LogP contribution in [0.4, 0.5) is 13.2 Å². The van der Waals surface area contributed by atoms with Crippen LogP contribution >= 0.6 is 0 Å². The van der Waals surface area contributed by atoms with E-state index >= 15 is 0 Å². The number of nitrogens with two attached hydrogens (primary N) is 1. The molecule has 2 rings (SSSR count). The summed E-state index contributed by atoms with van der Waals surface area (Å²) >= 11 is 0. The summed E-state index contributed by atoms with van der Waals surface area (Å²) in [7, 11) is 0. The predicted molar refractivity (Wildman–Crippen MR) is 57.2 cm³/mol. The van der Waals surface area contributed by atoms with Crippen LogP contribution in [0, 0.1) is 0 Å². The van der Waals surface area contributed by atoms with Crippen molar-refractivity contribution in [2.75, 3.05) is 0 Å². The van der Waals surface area contributed by atoms with Gasteiger partial charge >= 0.3 is 6.18 Å². The van der Waals surface area contributed by atoms with Crippen molar-refractivity contribution in [3.63, 3.8) is 0 Å². The van der Waals surface area contributed by atoms with E-state index in [1.807, 2.05) is 0 Å². The van der Waals surface area contributed by atoms with E-state index in [9.17, 15) is 18.3 Å². The molecule has 1 saturated carbocycles. The molecule has 0 heterocycles. The third-order valence-corrected chi connectivity index (χ3v) is 3.28. The number of halogens is 3. The van der Waals surface area contributed by atoms with Gasteiger partial charge in [0.15, 0.2) is 0 Å². The molecule has 1 fully saturated rings. The van der Waals surface area contributed by atoms with Gasteiger partial charge in [-0.3, -0.25) is 0 Å². The first-order valence-electron chi connectivity index (χ1n) is 5.47. The summed E-state index contributed by atoms with van der Waals surface area (Å²) in [5.41, 5.74) is 4.45. The molecule has 3 N–H and O–H groups in total. The van der Waals surface area contributed by atoms with E-state index < -0.39 is 17.3 Å².